The van der Waals surface area contributed by atoms with Crippen LogP contribution in [0.1, 0.15) is 25.7 Å². The molecule has 0 atom stereocenters. The predicted octanol–water partition coefficient (Wildman–Crippen LogP) is 0.255. The number of hydrogen-bond acceptors (Lipinski definition) is 3. The minimum absolute atomic E-state index is 0.164. The Balaban J connectivity index is 1.75. The van der Waals surface area contributed by atoms with E-state index in [1.54, 1.807) is 0 Å². The molecular weight excluding hydrogens is 196 g/mol. The van der Waals surface area contributed by atoms with Crippen LogP contribution in [0.5, 0.6) is 0 Å². The highest BCUT2D eigenvalue weighted by molar-refractivity contribution is 6.44. The molecule has 0 aromatic carbocycles. The molecule has 3 rings (SSSR count). The third-order valence-electron chi connectivity index (χ3n) is 3.71. The van der Waals surface area contributed by atoms with E-state index in [4.69, 9.17) is 0 Å². The number of amides is 4. The summed E-state index contributed by atoms with van der Waals surface area (Å²) in [6.07, 6.45) is 4.58. The van der Waals surface area contributed by atoms with Gasteiger partial charge in [-0.05, 0) is 37.0 Å². The van der Waals surface area contributed by atoms with Crippen molar-refractivity contribution < 1.29 is 14.4 Å². The number of carbonyl (C=O) groups is 3. The first-order valence-electron chi connectivity index (χ1n) is 5.29. The zero-order chi connectivity index (χ0) is 10.6. The topological polar surface area (TPSA) is 66.5 Å². The molecule has 0 aromatic rings. The SMILES string of the molecule is O=C1NC(=O)N(CC2(C3CC3)CC2)C1=O. The fraction of sp³-hybridized carbons (Fsp3) is 0.700. The van der Waals surface area contributed by atoms with Crippen molar-refractivity contribution in [1.29, 1.82) is 0 Å². The Kier molecular flexibility index (Phi) is 1.53. The van der Waals surface area contributed by atoms with Crippen LogP contribution in [-0.2, 0) is 9.59 Å². The van der Waals surface area contributed by atoms with Gasteiger partial charge in [0.2, 0.25) is 0 Å². The summed E-state index contributed by atoms with van der Waals surface area (Å²) >= 11 is 0. The van der Waals surface area contributed by atoms with Crippen molar-refractivity contribution in [2.75, 3.05) is 6.54 Å². The van der Waals surface area contributed by atoms with Gasteiger partial charge in [-0.2, -0.15) is 0 Å². The highest BCUT2D eigenvalue weighted by Gasteiger charge is 2.56. The summed E-state index contributed by atoms with van der Waals surface area (Å²) in [6, 6.07) is -0.545. The highest BCUT2D eigenvalue weighted by Crippen LogP contribution is 2.61. The second-order valence-electron chi connectivity index (χ2n) is 4.79. The van der Waals surface area contributed by atoms with Gasteiger partial charge in [-0.1, -0.05) is 0 Å². The standard InChI is InChI=1S/C10H12N2O3/c13-7-8(14)12(9(15)11-7)5-10(3-4-10)6-1-2-6/h6H,1-5H2,(H,11,13,15). The van der Waals surface area contributed by atoms with Crippen molar-refractivity contribution in [2.45, 2.75) is 25.7 Å². The Morgan fingerprint density at radius 1 is 1.27 bits per heavy atom. The number of nitrogens with zero attached hydrogens (tertiary/aromatic N) is 1. The van der Waals surface area contributed by atoms with E-state index in [-0.39, 0.29) is 5.41 Å². The van der Waals surface area contributed by atoms with Gasteiger partial charge in [0.25, 0.3) is 0 Å². The fourth-order valence-electron chi connectivity index (χ4n) is 2.44. The fourth-order valence-corrected chi connectivity index (χ4v) is 2.44. The summed E-state index contributed by atoms with van der Waals surface area (Å²) in [5, 5.41) is 2.02. The first-order chi connectivity index (χ1) is 7.12. The Hall–Kier alpha value is -1.39. The summed E-state index contributed by atoms with van der Waals surface area (Å²) in [6.45, 7) is 0.439. The Morgan fingerprint density at radius 3 is 2.33 bits per heavy atom. The maximum absolute atomic E-state index is 11.4. The van der Waals surface area contributed by atoms with E-state index in [1.807, 2.05) is 5.32 Å². The number of urea groups is 1. The lowest BCUT2D eigenvalue weighted by molar-refractivity contribution is -0.140. The van der Waals surface area contributed by atoms with Crippen LogP contribution in [0, 0.1) is 11.3 Å². The van der Waals surface area contributed by atoms with E-state index in [9.17, 15) is 14.4 Å². The third kappa shape index (κ3) is 1.26. The summed E-state index contributed by atoms with van der Waals surface area (Å²) in [4.78, 5) is 34.7. The van der Waals surface area contributed by atoms with Crippen LogP contribution in [0.4, 0.5) is 4.79 Å². The Labute approximate surface area is 86.8 Å². The first kappa shape index (κ1) is 8.88. The van der Waals surface area contributed by atoms with Gasteiger partial charge in [0, 0.05) is 6.54 Å². The Morgan fingerprint density at radius 2 is 1.93 bits per heavy atom. The molecule has 0 bridgehead atoms. The van der Waals surface area contributed by atoms with Gasteiger partial charge >= 0.3 is 17.8 Å². The zero-order valence-electron chi connectivity index (χ0n) is 8.28. The summed E-state index contributed by atoms with van der Waals surface area (Å²) in [7, 11) is 0. The molecule has 1 saturated heterocycles. The summed E-state index contributed by atoms with van der Waals surface area (Å²) < 4.78 is 0. The van der Waals surface area contributed by atoms with Gasteiger partial charge < -0.3 is 0 Å². The van der Waals surface area contributed by atoms with Crippen LogP contribution in [0.3, 0.4) is 0 Å². The molecule has 5 nitrogen and oxygen atoms in total. The van der Waals surface area contributed by atoms with Crippen LogP contribution in [0.15, 0.2) is 0 Å². The molecule has 1 aliphatic heterocycles. The maximum Gasteiger partial charge on any atom is 0.331 e. The molecule has 0 spiro atoms. The normalized spacial score (nSPS) is 28.3. The van der Waals surface area contributed by atoms with E-state index in [0.29, 0.717) is 12.5 Å². The molecule has 5 heteroatoms. The maximum atomic E-state index is 11.4. The molecule has 1 heterocycles. The largest absolute Gasteiger partial charge is 0.331 e. The second-order valence-corrected chi connectivity index (χ2v) is 4.79. The van der Waals surface area contributed by atoms with Crippen LogP contribution in [0.2, 0.25) is 0 Å². The van der Waals surface area contributed by atoms with Crippen LogP contribution < -0.4 is 5.32 Å². The van der Waals surface area contributed by atoms with Crippen molar-refractivity contribution >= 4 is 17.8 Å². The smallest absolute Gasteiger partial charge is 0.269 e. The summed E-state index contributed by atoms with van der Waals surface area (Å²) in [5.74, 6) is -0.799. The number of imide groups is 2. The first-order valence-corrected chi connectivity index (χ1v) is 5.29. The Bertz CT molecular complexity index is 369. The van der Waals surface area contributed by atoms with Crippen molar-refractivity contribution in [2.24, 2.45) is 11.3 Å². The van der Waals surface area contributed by atoms with Crippen molar-refractivity contribution in [3.05, 3.63) is 0 Å². The number of nitrogens with one attached hydrogen (secondary N) is 1. The molecule has 4 amide bonds. The van der Waals surface area contributed by atoms with E-state index < -0.39 is 17.8 Å². The van der Waals surface area contributed by atoms with E-state index in [1.165, 1.54) is 12.8 Å². The van der Waals surface area contributed by atoms with Gasteiger partial charge in [0.05, 0.1) is 0 Å². The number of carbonyl (C=O) groups excluding carboxylic acids is 3. The number of hydrogen-bond donors (Lipinski definition) is 1. The lowest BCUT2D eigenvalue weighted by Crippen LogP contribution is -2.37. The zero-order valence-corrected chi connectivity index (χ0v) is 8.28. The predicted molar refractivity (Wildman–Crippen MR) is 49.6 cm³/mol. The van der Waals surface area contributed by atoms with Gasteiger partial charge in [-0.3, -0.25) is 19.8 Å². The molecule has 15 heavy (non-hydrogen) atoms. The average Bonchev–Trinajstić information content (AvgIpc) is 3.02. The van der Waals surface area contributed by atoms with Gasteiger partial charge in [-0.15, -0.1) is 0 Å². The molecule has 3 fully saturated rings. The molecule has 0 aromatic heterocycles. The monoisotopic (exact) mass is 208 g/mol. The molecule has 0 radical (unpaired) electrons. The van der Waals surface area contributed by atoms with Crippen LogP contribution >= 0.6 is 0 Å². The van der Waals surface area contributed by atoms with Crippen molar-refractivity contribution in [3.8, 4) is 0 Å². The lowest BCUT2D eigenvalue weighted by Gasteiger charge is -2.19. The molecule has 80 valence electrons. The van der Waals surface area contributed by atoms with E-state index in [0.717, 1.165) is 17.7 Å². The molecule has 3 aliphatic rings. The van der Waals surface area contributed by atoms with Crippen LogP contribution in [0.25, 0.3) is 0 Å². The molecule has 1 N–H and O–H groups in total. The van der Waals surface area contributed by atoms with Crippen molar-refractivity contribution in [3.63, 3.8) is 0 Å². The second kappa shape index (κ2) is 2.59. The molecule has 0 unspecified atom stereocenters. The highest BCUT2D eigenvalue weighted by atomic mass is 16.2. The lowest BCUT2D eigenvalue weighted by atomic mass is 10.0. The van der Waals surface area contributed by atoms with E-state index in [2.05, 4.69) is 0 Å². The van der Waals surface area contributed by atoms with Crippen LogP contribution in [-0.4, -0.2) is 29.3 Å². The van der Waals surface area contributed by atoms with Gasteiger partial charge in [0.15, 0.2) is 0 Å². The summed E-state index contributed by atoms with van der Waals surface area (Å²) in [5.41, 5.74) is 0.164. The minimum atomic E-state index is -0.786. The van der Waals surface area contributed by atoms with Gasteiger partial charge in [0.1, 0.15) is 0 Å². The third-order valence-corrected chi connectivity index (χ3v) is 3.71. The van der Waals surface area contributed by atoms with Crippen molar-refractivity contribution in [1.82, 2.24) is 10.2 Å². The molecule has 2 aliphatic carbocycles. The average molecular weight is 208 g/mol. The number of rotatable bonds is 3. The molecular formula is C10H12N2O3. The quantitative estimate of drug-likeness (QED) is 0.534. The minimum Gasteiger partial charge on any atom is -0.269 e. The van der Waals surface area contributed by atoms with E-state index >= 15 is 0 Å². The molecule has 2 saturated carbocycles. The van der Waals surface area contributed by atoms with Gasteiger partial charge in [-0.25, -0.2) is 4.79 Å².